The SMILES string of the molecule is O=C(Cc1cccs1)NCCCCNc1ccnc2cc(Cl)ccc12. The first kappa shape index (κ1) is 17.7. The maximum absolute atomic E-state index is 11.8. The summed E-state index contributed by atoms with van der Waals surface area (Å²) in [6.45, 7) is 1.56. The Kier molecular flexibility index (Phi) is 6.25. The minimum absolute atomic E-state index is 0.0902. The lowest BCUT2D eigenvalue weighted by Crippen LogP contribution is -2.26. The summed E-state index contributed by atoms with van der Waals surface area (Å²) < 4.78 is 0. The molecular weight excluding hydrogens is 354 g/mol. The predicted molar refractivity (Wildman–Crippen MR) is 106 cm³/mol. The highest BCUT2D eigenvalue weighted by Gasteiger charge is 2.04. The number of benzene rings is 1. The number of hydrogen-bond acceptors (Lipinski definition) is 4. The molecular formula is C19H20ClN3OS. The van der Waals surface area contributed by atoms with Crippen molar-refractivity contribution in [1.29, 1.82) is 0 Å². The van der Waals surface area contributed by atoms with Gasteiger partial charge in [-0.15, -0.1) is 11.3 Å². The Morgan fingerprint density at radius 2 is 2.04 bits per heavy atom. The van der Waals surface area contributed by atoms with E-state index in [2.05, 4.69) is 15.6 Å². The average molecular weight is 374 g/mol. The molecule has 0 saturated heterocycles. The van der Waals surface area contributed by atoms with Crippen LogP contribution in [0.2, 0.25) is 5.02 Å². The number of aromatic nitrogens is 1. The van der Waals surface area contributed by atoms with Crippen LogP contribution in [0.25, 0.3) is 10.9 Å². The van der Waals surface area contributed by atoms with Gasteiger partial charge in [-0.3, -0.25) is 9.78 Å². The van der Waals surface area contributed by atoms with Crippen molar-refractivity contribution in [2.24, 2.45) is 0 Å². The van der Waals surface area contributed by atoms with Crippen molar-refractivity contribution in [3.63, 3.8) is 0 Å². The minimum Gasteiger partial charge on any atom is -0.384 e. The van der Waals surface area contributed by atoms with E-state index >= 15 is 0 Å². The summed E-state index contributed by atoms with van der Waals surface area (Å²) in [4.78, 5) is 17.2. The third-order valence-corrected chi connectivity index (χ3v) is 4.97. The first-order chi connectivity index (χ1) is 12.2. The van der Waals surface area contributed by atoms with Crippen LogP contribution in [0.1, 0.15) is 17.7 Å². The summed E-state index contributed by atoms with van der Waals surface area (Å²) in [6.07, 6.45) is 4.18. The number of rotatable bonds is 8. The van der Waals surface area contributed by atoms with Gasteiger partial charge in [-0.1, -0.05) is 17.7 Å². The summed E-state index contributed by atoms with van der Waals surface area (Å²) in [6, 6.07) is 11.7. The van der Waals surface area contributed by atoms with Gasteiger partial charge >= 0.3 is 0 Å². The first-order valence-corrected chi connectivity index (χ1v) is 9.55. The predicted octanol–water partition coefficient (Wildman–Crippen LogP) is 4.50. The zero-order valence-corrected chi connectivity index (χ0v) is 15.4. The van der Waals surface area contributed by atoms with E-state index in [0.29, 0.717) is 18.0 Å². The van der Waals surface area contributed by atoms with Crippen LogP contribution in [0.5, 0.6) is 0 Å². The number of halogens is 1. The molecule has 0 unspecified atom stereocenters. The molecule has 1 aromatic carbocycles. The number of nitrogens with one attached hydrogen (secondary N) is 2. The molecule has 0 spiro atoms. The van der Waals surface area contributed by atoms with E-state index in [9.17, 15) is 4.79 Å². The molecule has 0 aliphatic carbocycles. The smallest absolute Gasteiger partial charge is 0.225 e. The lowest BCUT2D eigenvalue weighted by Gasteiger charge is -2.10. The van der Waals surface area contributed by atoms with Crippen molar-refractivity contribution in [3.8, 4) is 0 Å². The Balaban J connectivity index is 1.38. The van der Waals surface area contributed by atoms with Crippen molar-refractivity contribution in [2.75, 3.05) is 18.4 Å². The monoisotopic (exact) mass is 373 g/mol. The fourth-order valence-corrected chi connectivity index (χ4v) is 3.48. The molecule has 1 amide bonds. The summed E-state index contributed by atoms with van der Waals surface area (Å²) in [7, 11) is 0. The highest BCUT2D eigenvalue weighted by Crippen LogP contribution is 2.24. The van der Waals surface area contributed by atoms with Crippen LogP contribution >= 0.6 is 22.9 Å². The van der Waals surface area contributed by atoms with Gasteiger partial charge in [-0.2, -0.15) is 0 Å². The molecule has 6 heteroatoms. The largest absolute Gasteiger partial charge is 0.384 e. The van der Waals surface area contributed by atoms with Crippen LogP contribution in [0.3, 0.4) is 0 Å². The molecule has 0 saturated carbocycles. The number of fused-ring (bicyclic) bond motifs is 1. The molecule has 0 aliphatic heterocycles. The molecule has 2 N–H and O–H groups in total. The molecule has 4 nitrogen and oxygen atoms in total. The van der Waals surface area contributed by atoms with E-state index in [1.807, 2.05) is 41.8 Å². The number of amides is 1. The number of carbonyl (C=O) groups excluding carboxylic acids is 1. The number of unbranched alkanes of at least 4 members (excludes halogenated alkanes) is 1. The topological polar surface area (TPSA) is 54.0 Å². The number of nitrogens with zero attached hydrogens (tertiary/aromatic N) is 1. The zero-order chi connectivity index (χ0) is 17.5. The first-order valence-electron chi connectivity index (χ1n) is 8.29. The van der Waals surface area contributed by atoms with Crippen molar-refractivity contribution in [1.82, 2.24) is 10.3 Å². The molecule has 130 valence electrons. The highest BCUT2D eigenvalue weighted by molar-refractivity contribution is 7.10. The molecule has 2 aromatic heterocycles. The number of carbonyl (C=O) groups is 1. The van der Waals surface area contributed by atoms with Gasteiger partial charge in [0.1, 0.15) is 0 Å². The number of thiophene rings is 1. The minimum atomic E-state index is 0.0902. The van der Waals surface area contributed by atoms with Gasteiger partial charge in [0.25, 0.3) is 0 Å². The van der Waals surface area contributed by atoms with Crippen LogP contribution in [-0.2, 0) is 11.2 Å². The van der Waals surface area contributed by atoms with E-state index in [-0.39, 0.29) is 5.91 Å². The Labute approximate surface area is 156 Å². The third kappa shape index (κ3) is 5.18. The van der Waals surface area contributed by atoms with E-state index in [1.165, 1.54) is 0 Å². The van der Waals surface area contributed by atoms with Gasteiger partial charge in [-0.25, -0.2) is 0 Å². The number of pyridine rings is 1. The molecule has 0 radical (unpaired) electrons. The maximum Gasteiger partial charge on any atom is 0.225 e. The Morgan fingerprint density at radius 1 is 1.16 bits per heavy atom. The average Bonchev–Trinajstić information content (AvgIpc) is 3.10. The second kappa shape index (κ2) is 8.83. The van der Waals surface area contributed by atoms with Gasteiger partial charge in [0.2, 0.25) is 5.91 Å². The lowest BCUT2D eigenvalue weighted by atomic mass is 10.2. The summed E-state index contributed by atoms with van der Waals surface area (Å²) in [5.74, 6) is 0.0902. The normalized spacial score (nSPS) is 10.8. The molecule has 25 heavy (non-hydrogen) atoms. The quantitative estimate of drug-likeness (QED) is 0.571. The van der Waals surface area contributed by atoms with Gasteiger partial charge in [-0.05, 0) is 48.6 Å². The van der Waals surface area contributed by atoms with E-state index in [0.717, 1.165) is 40.9 Å². The fraction of sp³-hybridized carbons (Fsp3) is 0.263. The summed E-state index contributed by atoms with van der Waals surface area (Å²) in [5, 5.41) is 10.2. The van der Waals surface area contributed by atoms with Crippen LogP contribution in [-0.4, -0.2) is 24.0 Å². The summed E-state index contributed by atoms with van der Waals surface area (Å²) >= 11 is 7.62. The molecule has 3 rings (SSSR count). The second-order valence-corrected chi connectivity index (χ2v) is 7.23. The van der Waals surface area contributed by atoms with Crippen molar-refractivity contribution < 1.29 is 4.79 Å². The van der Waals surface area contributed by atoms with Gasteiger partial charge in [0, 0.05) is 40.3 Å². The van der Waals surface area contributed by atoms with Gasteiger partial charge in [0.05, 0.1) is 11.9 Å². The molecule has 0 atom stereocenters. The maximum atomic E-state index is 11.8. The Morgan fingerprint density at radius 3 is 2.88 bits per heavy atom. The van der Waals surface area contributed by atoms with Crippen molar-refractivity contribution in [3.05, 3.63) is 57.9 Å². The van der Waals surface area contributed by atoms with Gasteiger partial charge in [0.15, 0.2) is 0 Å². The number of hydrogen-bond donors (Lipinski definition) is 2. The molecule has 0 bridgehead atoms. The molecule has 0 aliphatic rings. The van der Waals surface area contributed by atoms with Crippen LogP contribution in [0.4, 0.5) is 5.69 Å². The van der Waals surface area contributed by atoms with Gasteiger partial charge < -0.3 is 10.6 Å². The van der Waals surface area contributed by atoms with Crippen LogP contribution in [0, 0.1) is 0 Å². The summed E-state index contributed by atoms with van der Waals surface area (Å²) in [5.41, 5.74) is 1.95. The Hall–Kier alpha value is -2.11. The molecule has 2 heterocycles. The number of anilines is 1. The standard InChI is InChI=1S/C19H20ClN3OS/c20-14-5-6-16-17(7-10-22-18(16)12-14)21-8-1-2-9-23-19(24)13-15-4-3-11-25-15/h3-7,10-12H,1-2,8-9,13H2,(H,21,22)(H,23,24). The molecule has 3 aromatic rings. The Bertz CT molecular complexity index is 836. The van der Waals surface area contributed by atoms with Crippen LogP contribution < -0.4 is 10.6 Å². The van der Waals surface area contributed by atoms with E-state index in [1.54, 1.807) is 17.5 Å². The van der Waals surface area contributed by atoms with Crippen molar-refractivity contribution in [2.45, 2.75) is 19.3 Å². The van der Waals surface area contributed by atoms with Crippen LogP contribution in [0.15, 0.2) is 48.0 Å². The molecule has 0 fully saturated rings. The van der Waals surface area contributed by atoms with E-state index < -0.39 is 0 Å². The highest BCUT2D eigenvalue weighted by atomic mass is 35.5. The second-order valence-electron chi connectivity index (χ2n) is 5.76. The van der Waals surface area contributed by atoms with Crippen molar-refractivity contribution >= 4 is 45.4 Å². The zero-order valence-electron chi connectivity index (χ0n) is 13.8. The third-order valence-electron chi connectivity index (χ3n) is 3.86. The van der Waals surface area contributed by atoms with E-state index in [4.69, 9.17) is 11.6 Å². The fourth-order valence-electron chi connectivity index (χ4n) is 2.61. The lowest BCUT2D eigenvalue weighted by molar-refractivity contribution is -0.120.